The van der Waals surface area contributed by atoms with Gasteiger partial charge in [-0.2, -0.15) is 0 Å². The molecule has 0 radical (unpaired) electrons. The molecule has 0 bridgehead atoms. The summed E-state index contributed by atoms with van der Waals surface area (Å²) in [5.74, 6) is 0.175. The van der Waals surface area contributed by atoms with Gasteiger partial charge in [0.1, 0.15) is 5.75 Å². The van der Waals surface area contributed by atoms with Crippen LogP contribution in [0.15, 0.2) is 53.4 Å². The number of rotatable bonds is 9. The van der Waals surface area contributed by atoms with Crippen molar-refractivity contribution in [2.75, 3.05) is 31.6 Å². The summed E-state index contributed by atoms with van der Waals surface area (Å²) in [6.45, 7) is 2.39. The molecule has 8 heteroatoms. The second-order valence-electron chi connectivity index (χ2n) is 5.53. The fourth-order valence-electron chi connectivity index (χ4n) is 2.16. The lowest BCUT2D eigenvalue weighted by atomic mass is 10.2. The Bertz CT molecular complexity index is 838. The highest BCUT2D eigenvalue weighted by atomic mass is 32.2. The maximum atomic E-state index is 12.5. The Morgan fingerprint density at radius 2 is 1.85 bits per heavy atom. The smallest absolute Gasteiger partial charge is 0.261 e. The molecule has 0 saturated carbocycles. The number of hydrogen-bond acceptors (Lipinski definition) is 5. The number of carbonyl (C=O) groups excluding carboxylic acids is 1. The topological polar surface area (TPSA) is 93.7 Å². The predicted molar refractivity (Wildman–Crippen MR) is 98.8 cm³/mol. The quantitative estimate of drug-likeness (QED) is 0.651. The molecule has 2 N–H and O–H groups in total. The van der Waals surface area contributed by atoms with Gasteiger partial charge < -0.3 is 14.8 Å². The zero-order chi connectivity index (χ0) is 19.0. The van der Waals surface area contributed by atoms with Crippen LogP contribution in [-0.2, 0) is 19.6 Å². The van der Waals surface area contributed by atoms with Crippen molar-refractivity contribution < 1.29 is 22.7 Å². The maximum absolute atomic E-state index is 12.5. The van der Waals surface area contributed by atoms with Gasteiger partial charge in [0.25, 0.3) is 15.9 Å². The molecule has 0 fully saturated rings. The minimum atomic E-state index is -3.70. The first-order valence-corrected chi connectivity index (χ1v) is 9.47. The van der Waals surface area contributed by atoms with Gasteiger partial charge in [0.2, 0.25) is 0 Å². The van der Waals surface area contributed by atoms with E-state index in [-0.39, 0.29) is 17.4 Å². The first-order valence-electron chi connectivity index (χ1n) is 7.99. The summed E-state index contributed by atoms with van der Waals surface area (Å²) in [5, 5.41) is 2.64. The molecular weight excluding hydrogens is 356 g/mol. The van der Waals surface area contributed by atoms with E-state index in [0.717, 1.165) is 0 Å². The summed E-state index contributed by atoms with van der Waals surface area (Å²) in [7, 11) is -2.15. The molecule has 0 saturated heterocycles. The number of methoxy groups -OCH3 is 1. The van der Waals surface area contributed by atoms with E-state index < -0.39 is 10.0 Å². The largest absolute Gasteiger partial charge is 0.484 e. The summed E-state index contributed by atoms with van der Waals surface area (Å²) in [4.78, 5) is 11.8. The van der Waals surface area contributed by atoms with Crippen LogP contribution in [0, 0.1) is 6.92 Å². The number of anilines is 1. The summed E-state index contributed by atoms with van der Waals surface area (Å²) >= 11 is 0. The number of ether oxygens (including phenoxy) is 2. The van der Waals surface area contributed by atoms with Crippen molar-refractivity contribution in [2.45, 2.75) is 11.8 Å². The normalized spacial score (nSPS) is 11.0. The maximum Gasteiger partial charge on any atom is 0.261 e. The standard InChI is InChI=1S/C18H22N2O5S/c1-14-12-16(26(22,23)20-15-6-4-3-5-7-15)8-9-17(14)25-13-18(21)19-10-11-24-2/h3-9,12,20H,10-11,13H2,1-2H3,(H,19,21). The number of sulfonamides is 1. The van der Waals surface area contributed by atoms with Crippen LogP contribution in [0.5, 0.6) is 5.75 Å². The van der Waals surface area contributed by atoms with E-state index >= 15 is 0 Å². The van der Waals surface area contributed by atoms with Crippen molar-refractivity contribution in [3.8, 4) is 5.75 Å². The van der Waals surface area contributed by atoms with Crippen LogP contribution in [0.1, 0.15) is 5.56 Å². The molecule has 2 rings (SSSR count). The van der Waals surface area contributed by atoms with Gasteiger partial charge in [-0.1, -0.05) is 18.2 Å². The summed E-state index contributed by atoms with van der Waals surface area (Å²) in [5.41, 5.74) is 1.10. The fraction of sp³-hybridized carbons (Fsp3) is 0.278. The SMILES string of the molecule is COCCNC(=O)COc1ccc(S(=O)(=O)Nc2ccccc2)cc1C. The molecule has 140 valence electrons. The zero-order valence-corrected chi connectivity index (χ0v) is 15.5. The second-order valence-corrected chi connectivity index (χ2v) is 7.21. The van der Waals surface area contributed by atoms with Crippen LogP contribution in [0.25, 0.3) is 0 Å². The van der Waals surface area contributed by atoms with Gasteiger partial charge in [-0.25, -0.2) is 8.42 Å². The molecule has 0 unspecified atom stereocenters. The number of para-hydroxylation sites is 1. The van der Waals surface area contributed by atoms with Crippen LogP contribution in [-0.4, -0.2) is 41.2 Å². The zero-order valence-electron chi connectivity index (χ0n) is 14.7. The number of carbonyl (C=O) groups is 1. The molecule has 26 heavy (non-hydrogen) atoms. The summed E-state index contributed by atoms with van der Waals surface area (Å²) in [6.07, 6.45) is 0. The van der Waals surface area contributed by atoms with E-state index in [2.05, 4.69) is 10.0 Å². The lowest BCUT2D eigenvalue weighted by molar-refractivity contribution is -0.123. The minimum Gasteiger partial charge on any atom is -0.484 e. The van der Waals surface area contributed by atoms with Gasteiger partial charge in [-0.15, -0.1) is 0 Å². The Morgan fingerprint density at radius 1 is 1.12 bits per heavy atom. The van der Waals surface area contributed by atoms with Gasteiger partial charge in [-0.05, 0) is 42.8 Å². The lowest BCUT2D eigenvalue weighted by Crippen LogP contribution is -2.31. The highest BCUT2D eigenvalue weighted by Gasteiger charge is 2.16. The molecule has 2 aromatic carbocycles. The molecular formula is C18H22N2O5S. The van der Waals surface area contributed by atoms with E-state index in [1.54, 1.807) is 44.4 Å². The average molecular weight is 378 g/mol. The Labute approximate surface area is 153 Å². The average Bonchev–Trinajstić information content (AvgIpc) is 2.61. The van der Waals surface area contributed by atoms with Crippen LogP contribution in [0.3, 0.4) is 0 Å². The minimum absolute atomic E-state index is 0.121. The molecule has 0 heterocycles. The van der Waals surface area contributed by atoms with Crippen LogP contribution in [0.4, 0.5) is 5.69 Å². The third kappa shape index (κ3) is 5.75. The number of amides is 1. The third-order valence-electron chi connectivity index (χ3n) is 3.47. The first kappa shape index (κ1) is 19.7. The van der Waals surface area contributed by atoms with Gasteiger partial charge in [0.05, 0.1) is 11.5 Å². The molecule has 1 amide bonds. The highest BCUT2D eigenvalue weighted by Crippen LogP contribution is 2.23. The van der Waals surface area contributed by atoms with Crippen molar-refractivity contribution in [3.63, 3.8) is 0 Å². The van der Waals surface area contributed by atoms with E-state index in [9.17, 15) is 13.2 Å². The number of aryl methyl sites for hydroxylation is 1. The van der Waals surface area contributed by atoms with E-state index in [1.807, 2.05) is 0 Å². The third-order valence-corrected chi connectivity index (χ3v) is 4.85. The van der Waals surface area contributed by atoms with Gasteiger partial charge >= 0.3 is 0 Å². The lowest BCUT2D eigenvalue weighted by Gasteiger charge is -2.12. The fourth-order valence-corrected chi connectivity index (χ4v) is 3.30. The summed E-state index contributed by atoms with van der Waals surface area (Å²) in [6, 6.07) is 13.1. The first-order chi connectivity index (χ1) is 12.4. The molecule has 0 spiro atoms. The van der Waals surface area contributed by atoms with Crippen molar-refractivity contribution >= 4 is 21.6 Å². The molecule has 0 aliphatic carbocycles. The summed E-state index contributed by atoms with van der Waals surface area (Å²) < 4.78 is 37.7. The number of hydrogen-bond donors (Lipinski definition) is 2. The number of benzene rings is 2. The van der Waals surface area contributed by atoms with Crippen molar-refractivity contribution in [1.29, 1.82) is 0 Å². The molecule has 7 nitrogen and oxygen atoms in total. The van der Waals surface area contributed by atoms with Crippen molar-refractivity contribution in [3.05, 3.63) is 54.1 Å². The monoisotopic (exact) mass is 378 g/mol. The van der Waals surface area contributed by atoms with Crippen LogP contribution in [0.2, 0.25) is 0 Å². The molecule has 0 aliphatic rings. The van der Waals surface area contributed by atoms with Crippen molar-refractivity contribution in [2.24, 2.45) is 0 Å². The Morgan fingerprint density at radius 3 is 2.50 bits per heavy atom. The van der Waals surface area contributed by atoms with E-state index in [4.69, 9.17) is 9.47 Å². The second kappa shape index (κ2) is 9.21. The predicted octanol–water partition coefficient (Wildman–Crippen LogP) is 1.94. The molecule has 0 aromatic heterocycles. The molecule has 0 atom stereocenters. The Hall–Kier alpha value is -2.58. The van der Waals surface area contributed by atoms with Gasteiger partial charge in [0, 0.05) is 19.3 Å². The Kier molecular flexibility index (Phi) is 6.99. The van der Waals surface area contributed by atoms with Crippen LogP contribution >= 0.6 is 0 Å². The van der Waals surface area contributed by atoms with E-state index in [1.165, 1.54) is 18.2 Å². The Balaban J connectivity index is 2.01. The molecule has 0 aliphatic heterocycles. The molecule has 2 aromatic rings. The van der Waals surface area contributed by atoms with Crippen molar-refractivity contribution in [1.82, 2.24) is 5.32 Å². The van der Waals surface area contributed by atoms with E-state index in [0.29, 0.717) is 30.2 Å². The highest BCUT2D eigenvalue weighted by molar-refractivity contribution is 7.92. The number of nitrogens with one attached hydrogen (secondary N) is 2. The van der Waals surface area contributed by atoms with Crippen LogP contribution < -0.4 is 14.8 Å². The van der Waals surface area contributed by atoms with Gasteiger partial charge in [0.15, 0.2) is 6.61 Å². The van der Waals surface area contributed by atoms with Gasteiger partial charge in [-0.3, -0.25) is 9.52 Å².